The van der Waals surface area contributed by atoms with Gasteiger partial charge in [-0.2, -0.15) is 0 Å². The average molecular weight is 329 g/mol. The smallest absolute Gasteiger partial charge is 0.336 e. The summed E-state index contributed by atoms with van der Waals surface area (Å²) in [6.45, 7) is 0.958. The van der Waals surface area contributed by atoms with Crippen LogP contribution in [0.25, 0.3) is 0 Å². The number of ether oxygens (including phenoxy) is 2. The number of pyridine rings is 1. The van der Waals surface area contributed by atoms with Crippen molar-refractivity contribution < 1.29 is 19.1 Å². The third kappa shape index (κ3) is 3.30. The molecule has 0 aromatic carbocycles. The lowest BCUT2D eigenvalue weighted by atomic mass is 10.2. The zero-order chi connectivity index (χ0) is 13.8. The van der Waals surface area contributed by atoms with E-state index in [4.69, 9.17) is 4.74 Å². The van der Waals surface area contributed by atoms with Gasteiger partial charge in [0.1, 0.15) is 4.60 Å². The van der Waals surface area contributed by atoms with Crippen LogP contribution in [0.3, 0.4) is 0 Å². The molecule has 1 aliphatic rings. The predicted octanol–water partition coefficient (Wildman–Crippen LogP) is 0.858. The molecule has 0 aliphatic carbocycles. The van der Waals surface area contributed by atoms with Crippen LogP contribution in [-0.4, -0.2) is 54.7 Å². The molecule has 0 bridgehead atoms. The summed E-state index contributed by atoms with van der Waals surface area (Å²) in [7, 11) is 1.30. The van der Waals surface area contributed by atoms with Crippen molar-refractivity contribution >= 4 is 27.8 Å². The van der Waals surface area contributed by atoms with Crippen LogP contribution in [0.5, 0.6) is 0 Å². The number of esters is 1. The molecule has 0 N–H and O–H groups in total. The number of carbonyl (C=O) groups is 2. The summed E-state index contributed by atoms with van der Waals surface area (Å²) in [5.74, 6) is -0.636. The number of hydrogen-bond donors (Lipinski definition) is 0. The lowest BCUT2D eigenvalue weighted by Crippen LogP contribution is -2.48. The monoisotopic (exact) mass is 328 g/mol. The highest BCUT2D eigenvalue weighted by atomic mass is 79.9. The first-order valence-corrected chi connectivity index (χ1v) is 6.51. The van der Waals surface area contributed by atoms with E-state index in [2.05, 4.69) is 25.7 Å². The number of methoxy groups -OCH3 is 1. The zero-order valence-corrected chi connectivity index (χ0v) is 11.9. The minimum Gasteiger partial charge on any atom is -0.467 e. The Bertz CT molecular complexity index is 477. The molecule has 2 heterocycles. The van der Waals surface area contributed by atoms with Gasteiger partial charge in [-0.05, 0) is 28.1 Å². The third-order valence-corrected chi connectivity index (χ3v) is 3.26. The van der Waals surface area contributed by atoms with E-state index in [1.807, 2.05) is 0 Å². The summed E-state index contributed by atoms with van der Waals surface area (Å²) in [5.41, 5.74) is 0.480. The molecule has 19 heavy (non-hydrogen) atoms. The van der Waals surface area contributed by atoms with Crippen LogP contribution < -0.4 is 0 Å². The van der Waals surface area contributed by atoms with Crippen molar-refractivity contribution in [3.05, 3.63) is 28.5 Å². The molecule has 1 atom stereocenters. The lowest BCUT2D eigenvalue weighted by Gasteiger charge is -2.31. The maximum atomic E-state index is 12.2. The quantitative estimate of drug-likeness (QED) is 0.595. The molecule has 1 saturated heterocycles. The number of nitrogens with zero attached hydrogens (tertiary/aromatic N) is 2. The number of hydrogen-bond acceptors (Lipinski definition) is 5. The Labute approximate surface area is 118 Å². The number of rotatable bonds is 2. The first kappa shape index (κ1) is 14.0. The maximum Gasteiger partial charge on any atom is 0.336 e. The van der Waals surface area contributed by atoms with Gasteiger partial charge in [0, 0.05) is 12.7 Å². The molecule has 1 aromatic heterocycles. The van der Waals surface area contributed by atoms with Crippen molar-refractivity contribution in [2.24, 2.45) is 0 Å². The molecular formula is C12H13BrN2O4. The number of amides is 1. The van der Waals surface area contributed by atoms with Crippen LogP contribution in [-0.2, 0) is 14.3 Å². The van der Waals surface area contributed by atoms with Crippen molar-refractivity contribution in [2.45, 2.75) is 6.10 Å². The van der Waals surface area contributed by atoms with Crippen LogP contribution in [0.1, 0.15) is 10.4 Å². The van der Waals surface area contributed by atoms with E-state index in [0.717, 1.165) is 0 Å². The Balaban J connectivity index is 2.06. The second-order valence-electron chi connectivity index (χ2n) is 4.00. The van der Waals surface area contributed by atoms with Crippen molar-refractivity contribution in [1.82, 2.24) is 9.88 Å². The molecule has 0 spiro atoms. The number of halogens is 1. The second-order valence-corrected chi connectivity index (χ2v) is 4.82. The van der Waals surface area contributed by atoms with Crippen molar-refractivity contribution in [2.75, 3.05) is 26.8 Å². The Kier molecular flexibility index (Phi) is 4.49. The van der Waals surface area contributed by atoms with Gasteiger partial charge < -0.3 is 14.4 Å². The van der Waals surface area contributed by atoms with Crippen LogP contribution in [0, 0.1) is 0 Å². The van der Waals surface area contributed by atoms with Crippen molar-refractivity contribution in [3.8, 4) is 0 Å². The molecule has 0 radical (unpaired) electrons. The Morgan fingerprint density at radius 1 is 1.53 bits per heavy atom. The van der Waals surface area contributed by atoms with E-state index in [9.17, 15) is 9.59 Å². The average Bonchev–Trinajstić information content (AvgIpc) is 2.46. The zero-order valence-electron chi connectivity index (χ0n) is 10.3. The lowest BCUT2D eigenvalue weighted by molar-refractivity contribution is -0.158. The van der Waals surface area contributed by atoms with E-state index in [0.29, 0.717) is 23.3 Å². The molecule has 1 aliphatic heterocycles. The molecule has 1 unspecified atom stereocenters. The third-order valence-electron chi connectivity index (χ3n) is 2.79. The minimum atomic E-state index is -0.717. The van der Waals surface area contributed by atoms with Gasteiger partial charge in [0.05, 0.1) is 25.8 Å². The summed E-state index contributed by atoms with van der Waals surface area (Å²) in [6.07, 6.45) is 0.779. The van der Waals surface area contributed by atoms with E-state index in [-0.39, 0.29) is 12.5 Å². The van der Waals surface area contributed by atoms with E-state index >= 15 is 0 Å². The highest BCUT2D eigenvalue weighted by Gasteiger charge is 2.30. The molecule has 2 rings (SSSR count). The first-order chi connectivity index (χ1) is 9.11. The van der Waals surface area contributed by atoms with Gasteiger partial charge in [-0.25, -0.2) is 9.78 Å². The summed E-state index contributed by atoms with van der Waals surface area (Å²) in [5, 5.41) is 0. The van der Waals surface area contributed by atoms with Crippen molar-refractivity contribution in [3.63, 3.8) is 0 Å². The SMILES string of the molecule is COC(=O)C1CN(C(=O)c2ccc(Br)nc2)CCO1. The fraction of sp³-hybridized carbons (Fsp3) is 0.417. The van der Waals surface area contributed by atoms with Crippen molar-refractivity contribution in [1.29, 1.82) is 0 Å². The molecule has 1 aromatic rings. The van der Waals surface area contributed by atoms with E-state index in [1.54, 1.807) is 17.0 Å². The molecule has 7 heteroatoms. The molecule has 1 fully saturated rings. The van der Waals surface area contributed by atoms with E-state index < -0.39 is 12.1 Å². The largest absolute Gasteiger partial charge is 0.467 e. The highest BCUT2D eigenvalue weighted by Crippen LogP contribution is 2.13. The summed E-state index contributed by atoms with van der Waals surface area (Å²) >= 11 is 3.21. The molecule has 6 nitrogen and oxygen atoms in total. The van der Waals surface area contributed by atoms with Gasteiger partial charge >= 0.3 is 5.97 Å². The van der Waals surface area contributed by atoms with Crippen LogP contribution in [0.4, 0.5) is 0 Å². The first-order valence-electron chi connectivity index (χ1n) is 5.72. The Hall–Kier alpha value is -1.47. The summed E-state index contributed by atoms with van der Waals surface area (Å²) in [4.78, 5) is 29.2. The van der Waals surface area contributed by atoms with Crippen LogP contribution in [0.2, 0.25) is 0 Å². The Morgan fingerprint density at radius 2 is 2.32 bits per heavy atom. The fourth-order valence-corrected chi connectivity index (χ4v) is 2.03. The molecule has 102 valence electrons. The summed E-state index contributed by atoms with van der Waals surface area (Å²) < 4.78 is 10.6. The Morgan fingerprint density at radius 3 is 2.95 bits per heavy atom. The number of aromatic nitrogens is 1. The van der Waals surface area contributed by atoms with Crippen LogP contribution >= 0.6 is 15.9 Å². The van der Waals surface area contributed by atoms with Gasteiger partial charge in [-0.3, -0.25) is 4.79 Å². The number of carbonyl (C=O) groups excluding carboxylic acids is 2. The molecule has 0 saturated carbocycles. The summed E-state index contributed by atoms with van der Waals surface area (Å²) in [6, 6.07) is 3.38. The second kappa shape index (κ2) is 6.12. The molecular weight excluding hydrogens is 316 g/mol. The molecule has 1 amide bonds. The van der Waals surface area contributed by atoms with Gasteiger partial charge in [-0.15, -0.1) is 0 Å². The van der Waals surface area contributed by atoms with Gasteiger partial charge in [0.25, 0.3) is 5.91 Å². The highest BCUT2D eigenvalue weighted by molar-refractivity contribution is 9.10. The van der Waals surface area contributed by atoms with Gasteiger partial charge in [0.2, 0.25) is 0 Å². The van der Waals surface area contributed by atoms with Gasteiger partial charge in [0.15, 0.2) is 6.10 Å². The number of morpholine rings is 1. The topological polar surface area (TPSA) is 68.7 Å². The normalized spacial score (nSPS) is 19.1. The van der Waals surface area contributed by atoms with Gasteiger partial charge in [-0.1, -0.05) is 0 Å². The minimum absolute atomic E-state index is 0.169. The van der Waals surface area contributed by atoms with Crippen LogP contribution in [0.15, 0.2) is 22.9 Å². The predicted molar refractivity (Wildman–Crippen MR) is 69.6 cm³/mol. The fourth-order valence-electron chi connectivity index (χ4n) is 1.79. The van der Waals surface area contributed by atoms with E-state index in [1.165, 1.54) is 13.3 Å². The maximum absolute atomic E-state index is 12.2. The standard InChI is InChI=1S/C12H13BrN2O4/c1-18-12(17)9-7-15(4-5-19-9)11(16)8-2-3-10(13)14-6-8/h2-3,6,9H,4-5,7H2,1H3.